The smallest absolute Gasteiger partial charge is 0.166 e. The fourth-order valence-corrected chi connectivity index (χ4v) is 1.61. The van der Waals surface area contributed by atoms with Crippen molar-refractivity contribution in [1.29, 1.82) is 0 Å². The second-order valence-electron chi connectivity index (χ2n) is 2.63. The average molecular weight is 229 g/mol. The monoisotopic (exact) mass is 228 g/mol. The Morgan fingerprint density at radius 3 is 2.36 bits per heavy atom. The number of rotatable bonds is 1. The number of nitrogen functional groups attached to an aromatic ring is 1. The van der Waals surface area contributed by atoms with E-state index in [2.05, 4.69) is 10.2 Å². The lowest BCUT2D eigenvalue weighted by molar-refractivity contribution is 0.755. The van der Waals surface area contributed by atoms with E-state index >= 15 is 0 Å². The third kappa shape index (κ3) is 1.54. The summed E-state index contributed by atoms with van der Waals surface area (Å²) >= 11 is 11.9. The molecule has 4 nitrogen and oxygen atoms in total. The van der Waals surface area contributed by atoms with Crippen molar-refractivity contribution in [2.24, 2.45) is 0 Å². The number of hydrogen-bond donors (Lipinski definition) is 1. The molecule has 0 bridgehead atoms. The SMILES string of the molecule is Nc1cnn(-c2c(Cl)cccc2Cl)n1. The van der Waals surface area contributed by atoms with Gasteiger partial charge in [-0.15, -0.1) is 9.90 Å². The van der Waals surface area contributed by atoms with Gasteiger partial charge in [-0.1, -0.05) is 29.3 Å². The zero-order chi connectivity index (χ0) is 10.1. The van der Waals surface area contributed by atoms with Gasteiger partial charge in [-0.05, 0) is 12.1 Å². The summed E-state index contributed by atoms with van der Waals surface area (Å²) in [4.78, 5) is 1.31. The van der Waals surface area contributed by atoms with Gasteiger partial charge in [-0.2, -0.15) is 5.10 Å². The van der Waals surface area contributed by atoms with Gasteiger partial charge >= 0.3 is 0 Å². The van der Waals surface area contributed by atoms with Gasteiger partial charge in [-0.25, -0.2) is 0 Å². The molecule has 0 atom stereocenters. The van der Waals surface area contributed by atoms with Crippen LogP contribution in [0.1, 0.15) is 0 Å². The Balaban J connectivity index is 2.61. The molecule has 2 N–H and O–H groups in total. The number of aromatic nitrogens is 3. The van der Waals surface area contributed by atoms with Crippen LogP contribution in [0.25, 0.3) is 5.69 Å². The summed E-state index contributed by atoms with van der Waals surface area (Å²) in [6.45, 7) is 0. The molecule has 6 heteroatoms. The average Bonchev–Trinajstić information content (AvgIpc) is 2.51. The van der Waals surface area contributed by atoms with Crippen LogP contribution in [-0.4, -0.2) is 15.0 Å². The van der Waals surface area contributed by atoms with Crippen LogP contribution in [0.15, 0.2) is 24.4 Å². The Hall–Kier alpha value is -1.26. The second kappa shape index (κ2) is 3.48. The molecule has 0 saturated heterocycles. The van der Waals surface area contributed by atoms with Gasteiger partial charge in [-0.3, -0.25) is 0 Å². The molecule has 0 fully saturated rings. The lowest BCUT2D eigenvalue weighted by Crippen LogP contribution is -2.01. The Morgan fingerprint density at radius 2 is 1.86 bits per heavy atom. The first-order valence-electron chi connectivity index (χ1n) is 3.80. The fraction of sp³-hybridized carbons (Fsp3) is 0. The molecular formula is C8H6Cl2N4. The van der Waals surface area contributed by atoms with Crippen LogP contribution in [0.4, 0.5) is 5.82 Å². The van der Waals surface area contributed by atoms with Gasteiger partial charge in [0.25, 0.3) is 0 Å². The van der Waals surface area contributed by atoms with Crippen LogP contribution < -0.4 is 5.73 Å². The molecule has 14 heavy (non-hydrogen) atoms. The molecule has 0 unspecified atom stereocenters. The molecule has 2 rings (SSSR count). The third-order valence-corrected chi connectivity index (χ3v) is 2.26. The number of para-hydroxylation sites is 1. The summed E-state index contributed by atoms with van der Waals surface area (Å²) in [5, 5.41) is 8.80. The first-order valence-corrected chi connectivity index (χ1v) is 4.56. The highest BCUT2D eigenvalue weighted by Gasteiger charge is 2.09. The van der Waals surface area contributed by atoms with Crippen LogP contribution in [0, 0.1) is 0 Å². The molecule has 2 aromatic rings. The minimum atomic E-state index is 0.320. The zero-order valence-corrected chi connectivity index (χ0v) is 8.50. The number of nitrogens with zero attached hydrogens (tertiary/aromatic N) is 3. The molecule has 0 aliphatic carbocycles. The van der Waals surface area contributed by atoms with Crippen LogP contribution in [0.3, 0.4) is 0 Å². The van der Waals surface area contributed by atoms with Crippen LogP contribution in [-0.2, 0) is 0 Å². The summed E-state index contributed by atoms with van der Waals surface area (Å²) < 4.78 is 0. The molecule has 1 heterocycles. The van der Waals surface area contributed by atoms with Crippen LogP contribution in [0.2, 0.25) is 10.0 Å². The van der Waals surface area contributed by atoms with E-state index in [0.717, 1.165) is 0 Å². The van der Waals surface area contributed by atoms with Crippen molar-refractivity contribution in [2.45, 2.75) is 0 Å². The van der Waals surface area contributed by atoms with E-state index in [0.29, 0.717) is 21.6 Å². The molecule has 0 spiro atoms. The third-order valence-electron chi connectivity index (χ3n) is 1.65. The fourth-order valence-electron chi connectivity index (χ4n) is 1.06. The Bertz CT molecular complexity index is 446. The maximum Gasteiger partial charge on any atom is 0.166 e. The highest BCUT2D eigenvalue weighted by Crippen LogP contribution is 2.26. The van der Waals surface area contributed by atoms with Crippen molar-refractivity contribution in [3.8, 4) is 5.69 Å². The van der Waals surface area contributed by atoms with Crippen molar-refractivity contribution >= 4 is 29.0 Å². The Morgan fingerprint density at radius 1 is 1.21 bits per heavy atom. The van der Waals surface area contributed by atoms with E-state index < -0.39 is 0 Å². The number of anilines is 1. The molecule has 1 aromatic heterocycles. The standard InChI is InChI=1S/C8H6Cl2N4/c9-5-2-1-3-6(10)8(5)14-12-4-7(11)13-14/h1-4H,(H2,11,13). The summed E-state index contributed by atoms with van der Waals surface area (Å²) in [6, 6.07) is 5.17. The molecule has 1 aromatic carbocycles. The first kappa shape index (κ1) is 9.30. The molecule has 0 radical (unpaired) electrons. The topological polar surface area (TPSA) is 56.7 Å². The summed E-state index contributed by atoms with van der Waals surface area (Å²) in [5.41, 5.74) is 5.97. The number of hydrogen-bond acceptors (Lipinski definition) is 3. The first-order chi connectivity index (χ1) is 6.68. The van der Waals surface area contributed by atoms with Gasteiger partial charge < -0.3 is 5.73 Å². The Labute approximate surface area is 90.2 Å². The van der Waals surface area contributed by atoms with Crippen LogP contribution in [0.5, 0.6) is 0 Å². The van der Waals surface area contributed by atoms with Crippen molar-refractivity contribution < 1.29 is 0 Å². The summed E-state index contributed by atoms with van der Waals surface area (Å²) in [6.07, 6.45) is 1.43. The highest BCUT2D eigenvalue weighted by molar-refractivity contribution is 6.37. The zero-order valence-electron chi connectivity index (χ0n) is 6.98. The summed E-state index contributed by atoms with van der Waals surface area (Å²) in [5.74, 6) is 0.320. The lowest BCUT2D eigenvalue weighted by Gasteiger charge is -2.03. The molecule has 0 aliphatic rings. The van der Waals surface area contributed by atoms with Crippen molar-refractivity contribution in [2.75, 3.05) is 5.73 Å². The van der Waals surface area contributed by atoms with E-state index in [9.17, 15) is 0 Å². The van der Waals surface area contributed by atoms with Gasteiger partial charge in [0.1, 0.15) is 5.69 Å². The molecule has 0 saturated carbocycles. The minimum Gasteiger partial charge on any atom is -0.381 e. The molecule has 0 amide bonds. The van der Waals surface area contributed by atoms with Crippen LogP contribution >= 0.6 is 23.2 Å². The summed E-state index contributed by atoms with van der Waals surface area (Å²) in [7, 11) is 0. The van der Waals surface area contributed by atoms with Gasteiger partial charge in [0.15, 0.2) is 5.82 Å². The number of benzene rings is 1. The number of nitrogens with two attached hydrogens (primary N) is 1. The number of halogens is 2. The largest absolute Gasteiger partial charge is 0.381 e. The van der Waals surface area contributed by atoms with E-state index in [1.807, 2.05) is 0 Å². The van der Waals surface area contributed by atoms with Crippen molar-refractivity contribution in [1.82, 2.24) is 15.0 Å². The molecule has 0 aliphatic heterocycles. The molecule has 72 valence electrons. The lowest BCUT2D eigenvalue weighted by atomic mass is 10.3. The van der Waals surface area contributed by atoms with Crippen molar-refractivity contribution in [3.05, 3.63) is 34.4 Å². The predicted molar refractivity (Wildman–Crippen MR) is 55.8 cm³/mol. The maximum atomic E-state index is 5.95. The Kier molecular flexibility index (Phi) is 2.31. The van der Waals surface area contributed by atoms with E-state index in [4.69, 9.17) is 28.9 Å². The van der Waals surface area contributed by atoms with E-state index in [1.165, 1.54) is 11.0 Å². The maximum absolute atomic E-state index is 5.95. The van der Waals surface area contributed by atoms with Gasteiger partial charge in [0.2, 0.25) is 0 Å². The second-order valence-corrected chi connectivity index (χ2v) is 3.44. The highest BCUT2D eigenvalue weighted by atomic mass is 35.5. The molecular weight excluding hydrogens is 223 g/mol. The van der Waals surface area contributed by atoms with E-state index in [1.54, 1.807) is 18.2 Å². The normalized spacial score (nSPS) is 10.4. The predicted octanol–water partition coefficient (Wildman–Crippen LogP) is 2.16. The van der Waals surface area contributed by atoms with Gasteiger partial charge in [0, 0.05) is 0 Å². The quantitative estimate of drug-likeness (QED) is 0.814. The van der Waals surface area contributed by atoms with Gasteiger partial charge in [0.05, 0.1) is 16.2 Å². The van der Waals surface area contributed by atoms with Crippen molar-refractivity contribution in [3.63, 3.8) is 0 Å². The van der Waals surface area contributed by atoms with E-state index in [-0.39, 0.29) is 0 Å². The minimum absolute atomic E-state index is 0.320.